The number of nitrogens with two attached hydrogens (primary N) is 1. The van der Waals surface area contributed by atoms with Crippen LogP contribution in [0, 0.1) is 5.92 Å². The predicted molar refractivity (Wildman–Crippen MR) is 95.0 cm³/mol. The number of amides is 2. The number of aliphatic hydroxyl groups is 1. The second-order valence-electron chi connectivity index (χ2n) is 5.94. The first-order valence-corrected chi connectivity index (χ1v) is 8.32. The number of hydrogen-bond donors (Lipinski definition) is 4. The Bertz CT molecular complexity index is 699. The maximum absolute atomic E-state index is 12.5. The summed E-state index contributed by atoms with van der Waals surface area (Å²) in [5.41, 5.74) is 6.15. The van der Waals surface area contributed by atoms with E-state index in [1.165, 1.54) is 20.3 Å². The Morgan fingerprint density at radius 2 is 2.04 bits per heavy atom. The molecule has 0 radical (unpaired) electrons. The summed E-state index contributed by atoms with van der Waals surface area (Å²) in [5, 5.41) is 21.9. The Labute approximate surface area is 155 Å². The molecule has 0 saturated carbocycles. The van der Waals surface area contributed by atoms with Gasteiger partial charge in [-0.3, -0.25) is 4.79 Å². The Hall–Kier alpha value is -2.39. The van der Waals surface area contributed by atoms with Crippen LogP contribution in [0.3, 0.4) is 0 Å². The summed E-state index contributed by atoms with van der Waals surface area (Å²) >= 11 is 6.05. The molecule has 0 aliphatic carbocycles. The number of likely N-dealkylation sites (tertiary alicyclic amines) is 1. The molecule has 0 unspecified atom stereocenters. The highest BCUT2D eigenvalue weighted by molar-refractivity contribution is 6.34. The molecule has 5 N–H and O–H groups in total. The summed E-state index contributed by atoms with van der Waals surface area (Å²) < 4.78 is 10.4. The number of nitrogens with zero attached hydrogens (tertiary/aromatic N) is 1. The third-order valence-electron chi connectivity index (χ3n) is 4.39. The summed E-state index contributed by atoms with van der Waals surface area (Å²) in [5.74, 6) is -0.394. The first kappa shape index (κ1) is 19.9. The highest BCUT2D eigenvalue weighted by Gasteiger charge is 2.31. The van der Waals surface area contributed by atoms with Crippen molar-refractivity contribution < 1.29 is 29.3 Å². The molecule has 1 heterocycles. The van der Waals surface area contributed by atoms with E-state index in [1.807, 2.05) is 0 Å². The number of carboxylic acid groups (broad SMARTS) is 1. The Balaban J connectivity index is 2.09. The number of rotatable bonds is 5. The molecule has 1 aliphatic rings. The van der Waals surface area contributed by atoms with E-state index in [-0.39, 0.29) is 46.8 Å². The third-order valence-corrected chi connectivity index (χ3v) is 4.71. The van der Waals surface area contributed by atoms with E-state index in [4.69, 9.17) is 31.9 Å². The fraction of sp³-hybridized carbons (Fsp3) is 0.500. The highest BCUT2D eigenvalue weighted by atomic mass is 35.5. The van der Waals surface area contributed by atoms with Crippen molar-refractivity contribution in [1.29, 1.82) is 0 Å². The van der Waals surface area contributed by atoms with Gasteiger partial charge in [0.2, 0.25) is 0 Å². The molecule has 1 aromatic rings. The molecule has 2 atom stereocenters. The number of halogens is 1. The zero-order valence-corrected chi connectivity index (χ0v) is 15.2. The van der Waals surface area contributed by atoms with Crippen molar-refractivity contribution >= 4 is 29.3 Å². The molecule has 0 spiro atoms. The number of aliphatic hydroxyl groups excluding tert-OH is 1. The number of nitrogen functional groups attached to an aromatic ring is 1. The van der Waals surface area contributed by atoms with E-state index in [1.54, 1.807) is 0 Å². The first-order valence-electron chi connectivity index (χ1n) is 7.94. The number of carbonyl (C=O) groups excluding carboxylic acids is 1. The van der Waals surface area contributed by atoms with Crippen molar-refractivity contribution in [3.05, 3.63) is 16.7 Å². The molecule has 10 heteroatoms. The first-order chi connectivity index (χ1) is 12.3. The Morgan fingerprint density at radius 1 is 1.38 bits per heavy atom. The lowest BCUT2D eigenvalue weighted by molar-refractivity contribution is 0.0248. The van der Waals surface area contributed by atoms with Gasteiger partial charge in [0.15, 0.2) is 11.5 Å². The number of hydrogen-bond acceptors (Lipinski definition) is 6. The van der Waals surface area contributed by atoms with Crippen molar-refractivity contribution in [3.63, 3.8) is 0 Å². The molecule has 2 rings (SSSR count). The normalized spacial score (nSPS) is 19.8. The minimum atomic E-state index is -1.07. The van der Waals surface area contributed by atoms with Crippen LogP contribution in [0.4, 0.5) is 10.5 Å². The van der Waals surface area contributed by atoms with Crippen LogP contribution >= 0.6 is 11.6 Å². The van der Waals surface area contributed by atoms with Gasteiger partial charge in [-0.05, 0) is 12.5 Å². The Morgan fingerprint density at radius 3 is 2.58 bits per heavy atom. The predicted octanol–water partition coefficient (Wildman–Crippen LogP) is 1.03. The van der Waals surface area contributed by atoms with E-state index < -0.39 is 18.1 Å². The molecule has 2 amide bonds. The molecule has 0 aromatic heterocycles. The second kappa shape index (κ2) is 8.33. The number of ether oxygens (including phenoxy) is 2. The maximum atomic E-state index is 12.5. The van der Waals surface area contributed by atoms with Crippen molar-refractivity contribution in [2.24, 2.45) is 5.92 Å². The average molecular weight is 388 g/mol. The van der Waals surface area contributed by atoms with Gasteiger partial charge in [-0.15, -0.1) is 0 Å². The van der Waals surface area contributed by atoms with Gasteiger partial charge in [0.25, 0.3) is 5.91 Å². The lowest BCUT2D eigenvalue weighted by atomic mass is 9.94. The van der Waals surface area contributed by atoms with Crippen LogP contribution in [0.5, 0.6) is 11.5 Å². The molecule has 1 aliphatic heterocycles. The summed E-state index contributed by atoms with van der Waals surface area (Å²) in [6, 6.07) is 1.39. The standard InChI is InChI=1S/C16H22ClN3O6/c1-25-13-9(5-10(17)12(18)14(13)26-2)15(22)19-6-8-3-4-20(16(23)24)7-11(8)21/h5,8,11,21H,3-4,6-7,18H2,1-2H3,(H,19,22)(H,23,24)/t8-,11+/m0/s1. The minimum absolute atomic E-state index is 0.0146. The minimum Gasteiger partial charge on any atom is -0.492 e. The number of carbonyl (C=O) groups is 2. The average Bonchev–Trinajstić information content (AvgIpc) is 2.61. The van der Waals surface area contributed by atoms with Gasteiger partial charge in [-0.2, -0.15) is 0 Å². The summed E-state index contributed by atoms with van der Waals surface area (Å²) in [4.78, 5) is 24.6. The SMILES string of the molecule is COc1c(C(=O)NC[C@@H]2CCN(C(=O)O)C[C@H]2O)cc(Cl)c(N)c1OC. The number of benzene rings is 1. The van der Waals surface area contributed by atoms with Crippen molar-refractivity contribution in [2.75, 3.05) is 39.6 Å². The van der Waals surface area contributed by atoms with Crippen LogP contribution < -0.4 is 20.5 Å². The smallest absolute Gasteiger partial charge is 0.407 e. The third kappa shape index (κ3) is 4.05. The fourth-order valence-electron chi connectivity index (χ4n) is 2.91. The van der Waals surface area contributed by atoms with Crippen molar-refractivity contribution in [2.45, 2.75) is 12.5 Å². The molecular formula is C16H22ClN3O6. The molecule has 0 bridgehead atoms. The topological polar surface area (TPSA) is 134 Å². The van der Waals surface area contributed by atoms with E-state index >= 15 is 0 Å². The largest absolute Gasteiger partial charge is 0.492 e. The molecule has 1 saturated heterocycles. The van der Waals surface area contributed by atoms with Gasteiger partial charge in [-0.1, -0.05) is 11.6 Å². The summed E-state index contributed by atoms with van der Waals surface area (Å²) in [7, 11) is 2.77. The zero-order chi connectivity index (χ0) is 19.4. The van der Waals surface area contributed by atoms with Crippen LogP contribution in [-0.4, -0.2) is 67.1 Å². The van der Waals surface area contributed by atoms with Gasteiger partial charge in [0.05, 0.1) is 43.1 Å². The number of piperidine rings is 1. The molecule has 1 fully saturated rings. The Kier molecular flexibility index (Phi) is 6.38. The number of anilines is 1. The van der Waals surface area contributed by atoms with E-state index in [9.17, 15) is 14.7 Å². The van der Waals surface area contributed by atoms with Crippen LogP contribution in [-0.2, 0) is 0 Å². The van der Waals surface area contributed by atoms with E-state index in [0.29, 0.717) is 13.0 Å². The zero-order valence-electron chi connectivity index (χ0n) is 14.5. The molecule has 1 aromatic carbocycles. The van der Waals surface area contributed by atoms with Gasteiger partial charge in [0.1, 0.15) is 0 Å². The van der Waals surface area contributed by atoms with Crippen LogP contribution in [0.25, 0.3) is 0 Å². The monoisotopic (exact) mass is 387 g/mol. The van der Waals surface area contributed by atoms with Gasteiger partial charge >= 0.3 is 6.09 Å². The lowest BCUT2D eigenvalue weighted by Crippen LogP contribution is -2.49. The maximum Gasteiger partial charge on any atom is 0.407 e. The van der Waals surface area contributed by atoms with Crippen LogP contribution in [0.1, 0.15) is 16.8 Å². The van der Waals surface area contributed by atoms with Gasteiger partial charge in [0, 0.05) is 19.0 Å². The highest BCUT2D eigenvalue weighted by Crippen LogP contribution is 2.41. The lowest BCUT2D eigenvalue weighted by Gasteiger charge is -2.34. The van der Waals surface area contributed by atoms with Crippen LogP contribution in [0.2, 0.25) is 5.02 Å². The van der Waals surface area contributed by atoms with Crippen molar-refractivity contribution in [3.8, 4) is 11.5 Å². The van der Waals surface area contributed by atoms with Gasteiger partial charge in [-0.25, -0.2) is 4.79 Å². The van der Waals surface area contributed by atoms with Crippen molar-refractivity contribution in [1.82, 2.24) is 10.2 Å². The number of β-amino-alcohol motifs (C(OH)–C–C–N with tert-alkyl or cyclic N) is 1. The quantitative estimate of drug-likeness (QED) is 0.554. The number of nitrogens with one attached hydrogen (secondary N) is 1. The van der Waals surface area contributed by atoms with Gasteiger partial charge < -0.3 is 35.6 Å². The molecule has 144 valence electrons. The molecule has 9 nitrogen and oxygen atoms in total. The van der Waals surface area contributed by atoms with E-state index in [0.717, 1.165) is 4.90 Å². The van der Waals surface area contributed by atoms with E-state index in [2.05, 4.69) is 5.32 Å². The number of methoxy groups -OCH3 is 2. The molecular weight excluding hydrogens is 366 g/mol. The fourth-order valence-corrected chi connectivity index (χ4v) is 3.10. The summed E-state index contributed by atoms with van der Waals surface area (Å²) in [6.07, 6.45) is -1.48. The summed E-state index contributed by atoms with van der Waals surface area (Å²) in [6.45, 7) is 0.499. The van der Waals surface area contributed by atoms with Crippen LogP contribution in [0.15, 0.2) is 6.07 Å². The molecule has 26 heavy (non-hydrogen) atoms. The second-order valence-corrected chi connectivity index (χ2v) is 6.35.